The molecular formula is C16H15N3O2S. The number of hydrogen-bond donors (Lipinski definition) is 2. The maximum Gasteiger partial charge on any atom is 0.355 e. The second-order valence-electron chi connectivity index (χ2n) is 5.09. The number of carboxylic acids is 1. The van der Waals surface area contributed by atoms with E-state index in [1.165, 1.54) is 11.3 Å². The van der Waals surface area contributed by atoms with E-state index in [1.54, 1.807) is 13.1 Å². The molecule has 6 heteroatoms. The summed E-state index contributed by atoms with van der Waals surface area (Å²) in [6, 6.07) is 7.75. The first-order chi connectivity index (χ1) is 10.5. The number of rotatable bonds is 4. The number of hydrogen-bond acceptors (Lipinski definition) is 5. The molecule has 3 heterocycles. The summed E-state index contributed by atoms with van der Waals surface area (Å²) in [5.41, 5.74) is 1.89. The third kappa shape index (κ3) is 2.78. The van der Waals surface area contributed by atoms with Crippen LogP contribution < -0.4 is 5.32 Å². The quantitative estimate of drug-likeness (QED) is 0.764. The Kier molecular flexibility index (Phi) is 3.77. The van der Waals surface area contributed by atoms with E-state index >= 15 is 0 Å². The van der Waals surface area contributed by atoms with Gasteiger partial charge < -0.3 is 10.4 Å². The van der Waals surface area contributed by atoms with Gasteiger partial charge in [-0.2, -0.15) is 0 Å². The molecule has 0 spiro atoms. The van der Waals surface area contributed by atoms with Gasteiger partial charge in [0.2, 0.25) is 0 Å². The van der Waals surface area contributed by atoms with Gasteiger partial charge in [0.25, 0.3) is 0 Å². The number of aromatic carboxylic acids is 1. The molecule has 22 heavy (non-hydrogen) atoms. The first-order valence-electron chi connectivity index (χ1n) is 6.85. The summed E-state index contributed by atoms with van der Waals surface area (Å²) >= 11 is 1.53. The molecule has 0 radical (unpaired) electrons. The molecule has 0 aliphatic heterocycles. The van der Waals surface area contributed by atoms with Crippen molar-refractivity contribution in [3.8, 4) is 0 Å². The molecule has 2 N–H and O–H groups in total. The lowest BCUT2D eigenvalue weighted by Gasteiger charge is -2.13. The highest BCUT2D eigenvalue weighted by Crippen LogP contribution is 2.34. The first-order valence-corrected chi connectivity index (χ1v) is 7.67. The van der Waals surface area contributed by atoms with Crippen molar-refractivity contribution in [2.75, 3.05) is 5.32 Å². The zero-order valence-electron chi connectivity index (χ0n) is 12.2. The highest BCUT2D eigenvalue weighted by molar-refractivity contribution is 7.22. The fourth-order valence-corrected chi connectivity index (χ4v) is 3.46. The molecule has 0 saturated heterocycles. The lowest BCUT2D eigenvalue weighted by atomic mass is 10.1. The molecular weight excluding hydrogens is 298 g/mol. The maximum atomic E-state index is 11.3. The van der Waals surface area contributed by atoms with Crippen LogP contribution in [0.5, 0.6) is 0 Å². The van der Waals surface area contributed by atoms with E-state index in [2.05, 4.69) is 15.3 Å². The largest absolute Gasteiger partial charge is 0.476 e. The van der Waals surface area contributed by atoms with Gasteiger partial charge in [-0.1, -0.05) is 6.07 Å². The van der Waals surface area contributed by atoms with Gasteiger partial charge in [0.15, 0.2) is 5.69 Å². The van der Waals surface area contributed by atoms with Gasteiger partial charge in [-0.15, -0.1) is 11.3 Å². The van der Waals surface area contributed by atoms with Crippen molar-refractivity contribution in [2.45, 2.75) is 19.9 Å². The van der Waals surface area contributed by atoms with Crippen molar-refractivity contribution >= 4 is 32.4 Å². The molecule has 3 aromatic rings. The van der Waals surface area contributed by atoms with Gasteiger partial charge in [0.1, 0.15) is 0 Å². The summed E-state index contributed by atoms with van der Waals surface area (Å²) in [5.74, 6) is -1.00. The van der Waals surface area contributed by atoms with Crippen molar-refractivity contribution in [1.82, 2.24) is 9.97 Å². The van der Waals surface area contributed by atoms with Crippen LogP contribution in [0.1, 0.15) is 34.7 Å². The normalized spacial score (nSPS) is 12.3. The molecule has 0 amide bonds. The minimum absolute atomic E-state index is 0.0871. The maximum absolute atomic E-state index is 11.3. The Labute approximate surface area is 131 Å². The molecule has 3 aromatic heterocycles. The van der Waals surface area contributed by atoms with E-state index in [0.717, 1.165) is 15.3 Å². The molecule has 0 bridgehead atoms. The smallest absolute Gasteiger partial charge is 0.355 e. The van der Waals surface area contributed by atoms with Gasteiger partial charge in [-0.3, -0.25) is 4.98 Å². The Morgan fingerprint density at radius 1 is 1.41 bits per heavy atom. The van der Waals surface area contributed by atoms with Crippen LogP contribution in [-0.4, -0.2) is 21.0 Å². The van der Waals surface area contributed by atoms with Crippen LogP contribution in [0.4, 0.5) is 5.00 Å². The van der Waals surface area contributed by atoms with E-state index in [9.17, 15) is 9.90 Å². The predicted octanol–water partition coefficient (Wildman–Crippen LogP) is 3.87. The predicted molar refractivity (Wildman–Crippen MR) is 87.6 cm³/mol. The van der Waals surface area contributed by atoms with E-state index in [0.29, 0.717) is 11.1 Å². The number of thiophene rings is 1. The number of aryl methyl sites for hydroxylation is 1. The van der Waals surface area contributed by atoms with E-state index in [-0.39, 0.29) is 11.7 Å². The van der Waals surface area contributed by atoms with Crippen molar-refractivity contribution in [2.24, 2.45) is 0 Å². The molecule has 5 nitrogen and oxygen atoms in total. The molecule has 112 valence electrons. The van der Waals surface area contributed by atoms with Crippen LogP contribution in [0.25, 0.3) is 10.1 Å². The van der Waals surface area contributed by atoms with Crippen molar-refractivity contribution in [3.63, 3.8) is 0 Å². The zero-order chi connectivity index (χ0) is 15.7. The van der Waals surface area contributed by atoms with Gasteiger partial charge in [-0.05, 0) is 37.6 Å². The monoisotopic (exact) mass is 313 g/mol. The molecule has 0 aliphatic rings. The Hall–Kier alpha value is -2.47. The van der Waals surface area contributed by atoms with Crippen LogP contribution in [0, 0.1) is 6.92 Å². The standard InChI is InChI=1S/C16H15N3O2S/c1-9-6-13-12(15(18-9)16(20)21)7-14(22-13)19-10(2)11-4-3-5-17-8-11/h3-8,10,19H,1-2H3,(H,20,21)/t10-/m0/s1. The van der Waals surface area contributed by atoms with Crippen LogP contribution in [-0.2, 0) is 0 Å². The SMILES string of the molecule is Cc1cc2sc(N[C@@H](C)c3cccnc3)cc2c(C(=O)O)n1. The number of anilines is 1. The summed E-state index contributed by atoms with van der Waals surface area (Å²) in [6.45, 7) is 3.85. The minimum Gasteiger partial charge on any atom is -0.476 e. The second-order valence-corrected chi connectivity index (χ2v) is 6.18. The molecule has 0 unspecified atom stereocenters. The van der Waals surface area contributed by atoms with E-state index in [1.807, 2.05) is 37.4 Å². The first kappa shape index (κ1) is 14.5. The zero-order valence-corrected chi connectivity index (χ0v) is 13.0. The second kappa shape index (κ2) is 5.73. The molecule has 3 rings (SSSR count). The van der Waals surface area contributed by atoms with Gasteiger partial charge in [0, 0.05) is 28.2 Å². The van der Waals surface area contributed by atoms with Crippen LogP contribution in [0.15, 0.2) is 36.7 Å². The lowest BCUT2D eigenvalue weighted by molar-refractivity contribution is 0.0692. The molecule has 0 fully saturated rings. The molecule has 0 saturated carbocycles. The average Bonchev–Trinajstić information content (AvgIpc) is 2.89. The fraction of sp³-hybridized carbons (Fsp3) is 0.188. The molecule has 0 aromatic carbocycles. The van der Waals surface area contributed by atoms with Gasteiger partial charge >= 0.3 is 5.97 Å². The van der Waals surface area contributed by atoms with Crippen molar-refractivity contribution in [1.29, 1.82) is 0 Å². The number of pyridine rings is 2. The topological polar surface area (TPSA) is 75.1 Å². The van der Waals surface area contributed by atoms with Gasteiger partial charge in [-0.25, -0.2) is 9.78 Å². The minimum atomic E-state index is -1.00. The Morgan fingerprint density at radius 2 is 2.23 bits per heavy atom. The number of carbonyl (C=O) groups is 1. The number of fused-ring (bicyclic) bond motifs is 1. The number of aromatic nitrogens is 2. The molecule has 0 aliphatic carbocycles. The number of nitrogens with one attached hydrogen (secondary N) is 1. The van der Waals surface area contributed by atoms with Crippen LogP contribution >= 0.6 is 11.3 Å². The summed E-state index contributed by atoms with van der Waals surface area (Å²) < 4.78 is 0.922. The number of carboxylic acid groups (broad SMARTS) is 1. The van der Waals surface area contributed by atoms with Gasteiger partial charge in [0.05, 0.1) is 11.0 Å². The Morgan fingerprint density at radius 3 is 2.91 bits per heavy atom. The average molecular weight is 313 g/mol. The Bertz CT molecular complexity index is 830. The summed E-state index contributed by atoms with van der Waals surface area (Å²) in [4.78, 5) is 19.6. The lowest BCUT2D eigenvalue weighted by Crippen LogP contribution is -2.05. The molecule has 1 atom stereocenters. The van der Waals surface area contributed by atoms with Crippen molar-refractivity contribution < 1.29 is 9.90 Å². The Balaban J connectivity index is 1.96. The third-order valence-corrected chi connectivity index (χ3v) is 4.40. The highest BCUT2D eigenvalue weighted by Gasteiger charge is 2.15. The van der Waals surface area contributed by atoms with E-state index in [4.69, 9.17) is 0 Å². The van der Waals surface area contributed by atoms with Crippen LogP contribution in [0.2, 0.25) is 0 Å². The van der Waals surface area contributed by atoms with Crippen molar-refractivity contribution in [3.05, 3.63) is 53.6 Å². The van der Waals surface area contributed by atoms with Crippen LogP contribution in [0.3, 0.4) is 0 Å². The summed E-state index contributed by atoms with van der Waals surface area (Å²) in [6.07, 6.45) is 3.56. The van der Waals surface area contributed by atoms with E-state index < -0.39 is 5.97 Å². The summed E-state index contributed by atoms with van der Waals surface area (Å²) in [7, 11) is 0. The highest BCUT2D eigenvalue weighted by atomic mass is 32.1. The fourth-order valence-electron chi connectivity index (χ4n) is 2.32. The third-order valence-electron chi connectivity index (χ3n) is 3.39. The number of nitrogens with zero attached hydrogens (tertiary/aromatic N) is 2. The summed E-state index contributed by atoms with van der Waals surface area (Å²) in [5, 5.41) is 14.3.